The van der Waals surface area contributed by atoms with E-state index in [0.29, 0.717) is 38.9 Å². The fourth-order valence-electron chi connectivity index (χ4n) is 3.92. The largest absolute Gasteiger partial charge is 0.493 e. The molecule has 0 spiro atoms. The number of methoxy groups -OCH3 is 2. The van der Waals surface area contributed by atoms with E-state index in [1.165, 1.54) is 36.2 Å². The summed E-state index contributed by atoms with van der Waals surface area (Å²) in [7, 11) is 6.24. The molecule has 4 rings (SSSR count). The molecule has 1 fully saturated rings. The molecule has 1 aliphatic heterocycles. The van der Waals surface area contributed by atoms with E-state index in [-0.39, 0.29) is 5.56 Å². The van der Waals surface area contributed by atoms with Crippen molar-refractivity contribution < 1.29 is 9.47 Å². The van der Waals surface area contributed by atoms with Crippen LogP contribution in [0.15, 0.2) is 32.8 Å². The molecule has 9 nitrogen and oxygen atoms in total. The van der Waals surface area contributed by atoms with Gasteiger partial charge in [0.15, 0.2) is 23.0 Å². The Morgan fingerprint density at radius 1 is 1.00 bits per heavy atom. The molecular weight excluding hydrogens is 430 g/mol. The molecule has 170 valence electrons. The lowest BCUT2D eigenvalue weighted by Crippen LogP contribution is -2.37. The number of hydrogen-bond donors (Lipinski definition) is 0. The SMILES string of the molecule is COc1ccc(-c2nc(SCCN3CCCC3)c3c(=O)n(C)c(=O)n(C)c3n2)cc1OC. The van der Waals surface area contributed by atoms with Gasteiger partial charge >= 0.3 is 5.69 Å². The van der Waals surface area contributed by atoms with Crippen LogP contribution >= 0.6 is 11.8 Å². The zero-order valence-electron chi connectivity index (χ0n) is 18.8. The van der Waals surface area contributed by atoms with Gasteiger partial charge in [-0.3, -0.25) is 13.9 Å². The van der Waals surface area contributed by atoms with Crippen LogP contribution < -0.4 is 20.7 Å². The number of ether oxygens (including phenoxy) is 2. The summed E-state index contributed by atoms with van der Waals surface area (Å²) in [5, 5.41) is 0.945. The molecule has 10 heteroatoms. The summed E-state index contributed by atoms with van der Waals surface area (Å²) in [6.45, 7) is 3.14. The van der Waals surface area contributed by atoms with E-state index in [9.17, 15) is 9.59 Å². The van der Waals surface area contributed by atoms with Gasteiger partial charge in [0.2, 0.25) is 0 Å². The van der Waals surface area contributed by atoms with Crippen LogP contribution in [0.25, 0.3) is 22.4 Å². The molecule has 0 aliphatic carbocycles. The summed E-state index contributed by atoms with van der Waals surface area (Å²) in [6, 6.07) is 5.41. The van der Waals surface area contributed by atoms with Crippen LogP contribution in [0.3, 0.4) is 0 Å². The third-order valence-electron chi connectivity index (χ3n) is 5.75. The van der Waals surface area contributed by atoms with Crippen molar-refractivity contribution in [2.45, 2.75) is 17.9 Å². The molecule has 0 atom stereocenters. The number of rotatable bonds is 7. The Balaban J connectivity index is 1.83. The van der Waals surface area contributed by atoms with Crippen LogP contribution in [0.4, 0.5) is 0 Å². The Hall–Kier alpha value is -2.85. The Labute approximate surface area is 190 Å². The van der Waals surface area contributed by atoms with Crippen LogP contribution in [-0.2, 0) is 14.1 Å². The fourth-order valence-corrected chi connectivity index (χ4v) is 4.93. The van der Waals surface area contributed by atoms with Gasteiger partial charge in [0.05, 0.1) is 14.2 Å². The number of aryl methyl sites for hydroxylation is 1. The molecule has 0 bridgehead atoms. The highest BCUT2D eigenvalue weighted by atomic mass is 32.2. The smallest absolute Gasteiger partial charge is 0.332 e. The second kappa shape index (κ2) is 9.33. The van der Waals surface area contributed by atoms with Gasteiger partial charge in [-0.25, -0.2) is 14.8 Å². The van der Waals surface area contributed by atoms with Gasteiger partial charge < -0.3 is 14.4 Å². The summed E-state index contributed by atoms with van der Waals surface area (Å²) < 4.78 is 13.2. The number of likely N-dealkylation sites (tertiary alicyclic amines) is 1. The first-order valence-electron chi connectivity index (χ1n) is 10.5. The zero-order valence-corrected chi connectivity index (χ0v) is 19.6. The van der Waals surface area contributed by atoms with E-state index < -0.39 is 5.69 Å². The molecule has 0 N–H and O–H groups in total. The highest BCUT2D eigenvalue weighted by molar-refractivity contribution is 7.99. The van der Waals surface area contributed by atoms with Gasteiger partial charge in [-0.2, -0.15) is 0 Å². The molecule has 0 radical (unpaired) electrons. The van der Waals surface area contributed by atoms with E-state index in [4.69, 9.17) is 14.5 Å². The lowest BCUT2D eigenvalue weighted by atomic mass is 10.2. The lowest BCUT2D eigenvalue weighted by molar-refractivity contribution is 0.355. The highest BCUT2D eigenvalue weighted by Gasteiger charge is 2.19. The maximum atomic E-state index is 13.0. The molecule has 0 amide bonds. The maximum absolute atomic E-state index is 13.0. The Morgan fingerprint density at radius 3 is 2.41 bits per heavy atom. The molecule has 1 aromatic carbocycles. The third-order valence-corrected chi connectivity index (χ3v) is 6.71. The topological polar surface area (TPSA) is 91.5 Å². The number of nitrogens with zero attached hydrogens (tertiary/aromatic N) is 5. The Morgan fingerprint density at radius 2 is 1.72 bits per heavy atom. The Kier molecular flexibility index (Phi) is 6.52. The maximum Gasteiger partial charge on any atom is 0.332 e. The second-order valence-electron chi connectivity index (χ2n) is 7.72. The molecule has 0 unspecified atom stereocenters. The van der Waals surface area contributed by atoms with Crippen molar-refractivity contribution in [1.29, 1.82) is 0 Å². The first kappa shape index (κ1) is 22.3. The third kappa shape index (κ3) is 4.12. The minimum absolute atomic E-state index is 0.321. The van der Waals surface area contributed by atoms with E-state index in [1.54, 1.807) is 33.4 Å². The quantitative estimate of drug-likeness (QED) is 0.392. The normalized spacial score (nSPS) is 14.2. The van der Waals surface area contributed by atoms with Gasteiger partial charge in [-0.15, -0.1) is 11.8 Å². The summed E-state index contributed by atoms with van der Waals surface area (Å²) >= 11 is 1.52. The van der Waals surface area contributed by atoms with Crippen LogP contribution in [0, 0.1) is 0 Å². The molecule has 32 heavy (non-hydrogen) atoms. The van der Waals surface area contributed by atoms with Gasteiger partial charge in [0.1, 0.15) is 10.4 Å². The minimum atomic E-state index is -0.424. The lowest BCUT2D eigenvalue weighted by Gasteiger charge is -2.15. The van der Waals surface area contributed by atoms with E-state index in [0.717, 1.165) is 30.0 Å². The molecule has 3 aromatic rings. The van der Waals surface area contributed by atoms with Crippen molar-refractivity contribution in [3.8, 4) is 22.9 Å². The second-order valence-corrected chi connectivity index (χ2v) is 8.81. The minimum Gasteiger partial charge on any atom is -0.493 e. The van der Waals surface area contributed by atoms with Crippen molar-refractivity contribution in [1.82, 2.24) is 24.0 Å². The van der Waals surface area contributed by atoms with Crippen molar-refractivity contribution in [3.05, 3.63) is 39.0 Å². The van der Waals surface area contributed by atoms with Crippen LogP contribution in [-0.4, -0.2) is 63.6 Å². The molecule has 1 saturated heterocycles. The Bertz CT molecular complexity index is 1260. The molecule has 2 aromatic heterocycles. The number of aromatic nitrogens is 4. The summed E-state index contributed by atoms with van der Waals surface area (Å²) in [5.74, 6) is 2.36. The standard InChI is InChI=1S/C22H27N5O4S/c1-25-19-17(21(28)26(2)22(25)29)20(32-12-11-27-9-5-6-10-27)24-18(23-19)14-7-8-15(30-3)16(13-14)31-4/h7-8,13H,5-6,9-12H2,1-4H3. The zero-order chi connectivity index (χ0) is 22.8. The van der Waals surface area contributed by atoms with Gasteiger partial charge in [-0.05, 0) is 44.1 Å². The predicted octanol–water partition coefficient (Wildman–Crippen LogP) is 1.90. The molecule has 1 aliphatic rings. The first-order valence-corrected chi connectivity index (χ1v) is 11.5. The van der Waals surface area contributed by atoms with Crippen molar-refractivity contribution >= 4 is 22.8 Å². The predicted molar refractivity (Wildman–Crippen MR) is 125 cm³/mol. The molecular formula is C22H27N5O4S. The van der Waals surface area contributed by atoms with Crippen LogP contribution in [0.5, 0.6) is 11.5 Å². The number of benzene rings is 1. The van der Waals surface area contributed by atoms with E-state index in [2.05, 4.69) is 9.88 Å². The van der Waals surface area contributed by atoms with Crippen molar-refractivity contribution in [2.75, 3.05) is 39.6 Å². The monoisotopic (exact) mass is 457 g/mol. The van der Waals surface area contributed by atoms with Crippen molar-refractivity contribution in [3.63, 3.8) is 0 Å². The van der Waals surface area contributed by atoms with Crippen LogP contribution in [0.1, 0.15) is 12.8 Å². The van der Waals surface area contributed by atoms with Gasteiger partial charge in [0, 0.05) is 32.0 Å². The van der Waals surface area contributed by atoms with Gasteiger partial charge in [-0.1, -0.05) is 0 Å². The average molecular weight is 458 g/mol. The highest BCUT2D eigenvalue weighted by Crippen LogP contribution is 2.32. The average Bonchev–Trinajstić information content (AvgIpc) is 3.34. The summed E-state index contributed by atoms with van der Waals surface area (Å²) in [6.07, 6.45) is 2.46. The summed E-state index contributed by atoms with van der Waals surface area (Å²) in [4.78, 5) is 37.3. The van der Waals surface area contributed by atoms with E-state index >= 15 is 0 Å². The number of thioether (sulfide) groups is 1. The first-order chi connectivity index (χ1) is 15.4. The van der Waals surface area contributed by atoms with Crippen molar-refractivity contribution in [2.24, 2.45) is 14.1 Å². The number of hydrogen-bond acceptors (Lipinski definition) is 8. The molecule has 0 saturated carbocycles. The van der Waals surface area contributed by atoms with Crippen LogP contribution in [0.2, 0.25) is 0 Å². The summed E-state index contributed by atoms with van der Waals surface area (Å²) in [5.41, 5.74) is 0.221. The molecule has 3 heterocycles. The van der Waals surface area contributed by atoms with Gasteiger partial charge in [0.25, 0.3) is 5.56 Å². The fraction of sp³-hybridized carbons (Fsp3) is 0.455. The number of fused-ring (bicyclic) bond motifs is 1. The van der Waals surface area contributed by atoms with E-state index in [1.807, 2.05) is 6.07 Å².